The lowest BCUT2D eigenvalue weighted by Crippen LogP contribution is -2.42. The predicted octanol–water partition coefficient (Wildman–Crippen LogP) is 3.54. The maximum Gasteiger partial charge on any atom is 0.227 e. The highest BCUT2D eigenvalue weighted by Gasteiger charge is 2.29. The van der Waals surface area contributed by atoms with Crippen LogP contribution in [0, 0.1) is 5.92 Å². The van der Waals surface area contributed by atoms with Crippen molar-refractivity contribution in [1.29, 1.82) is 0 Å². The molecule has 2 N–H and O–H groups in total. The lowest BCUT2D eigenvalue weighted by atomic mass is 9.94. The molecule has 3 unspecified atom stereocenters. The second-order valence-corrected chi connectivity index (χ2v) is 7.43. The summed E-state index contributed by atoms with van der Waals surface area (Å²) < 4.78 is 11.1. The summed E-state index contributed by atoms with van der Waals surface area (Å²) in [7, 11) is 1.65. The van der Waals surface area contributed by atoms with Crippen LogP contribution in [-0.2, 0) is 16.1 Å². The van der Waals surface area contributed by atoms with Crippen LogP contribution in [-0.4, -0.2) is 37.2 Å². The van der Waals surface area contributed by atoms with Crippen molar-refractivity contribution in [1.82, 2.24) is 4.90 Å². The van der Waals surface area contributed by atoms with Crippen LogP contribution in [0.1, 0.15) is 36.9 Å². The first-order valence-electron chi connectivity index (χ1n) is 9.92. The van der Waals surface area contributed by atoms with Crippen LogP contribution >= 0.6 is 0 Å². The van der Waals surface area contributed by atoms with Gasteiger partial charge >= 0.3 is 0 Å². The average Bonchev–Trinajstić information content (AvgIpc) is 3.25. The van der Waals surface area contributed by atoms with E-state index in [2.05, 4.69) is 0 Å². The fourth-order valence-corrected chi connectivity index (χ4v) is 3.66. The first-order chi connectivity index (χ1) is 13.6. The number of amides is 1. The number of methoxy groups -OCH3 is 1. The minimum atomic E-state index is -0.342. The van der Waals surface area contributed by atoms with Gasteiger partial charge in [0.05, 0.1) is 19.1 Å². The number of hydrogen-bond donors (Lipinski definition) is 1. The van der Waals surface area contributed by atoms with Crippen molar-refractivity contribution in [3.05, 3.63) is 65.7 Å². The quantitative estimate of drug-likeness (QED) is 0.758. The van der Waals surface area contributed by atoms with Gasteiger partial charge in [0.1, 0.15) is 5.75 Å². The van der Waals surface area contributed by atoms with E-state index >= 15 is 0 Å². The van der Waals surface area contributed by atoms with Gasteiger partial charge in [-0.25, -0.2) is 0 Å². The van der Waals surface area contributed by atoms with Crippen molar-refractivity contribution in [2.24, 2.45) is 11.7 Å². The molecule has 0 aliphatic carbocycles. The second-order valence-electron chi connectivity index (χ2n) is 7.43. The summed E-state index contributed by atoms with van der Waals surface area (Å²) in [6, 6.07) is 17.3. The van der Waals surface area contributed by atoms with E-state index in [4.69, 9.17) is 15.2 Å². The third kappa shape index (κ3) is 5.12. The van der Waals surface area contributed by atoms with Gasteiger partial charge in [0.25, 0.3) is 0 Å². The molecule has 28 heavy (non-hydrogen) atoms. The summed E-state index contributed by atoms with van der Waals surface area (Å²) in [5, 5.41) is 0. The zero-order valence-electron chi connectivity index (χ0n) is 16.7. The molecule has 2 aromatic rings. The SMILES string of the molecule is COc1cccc(CN(CC2CCCO2)C(=O)C(C)C(N)c2ccccc2)c1. The summed E-state index contributed by atoms with van der Waals surface area (Å²) in [6.45, 7) is 3.78. The average molecular weight is 383 g/mol. The molecule has 0 radical (unpaired) electrons. The maximum absolute atomic E-state index is 13.4. The normalized spacial score (nSPS) is 18.5. The minimum absolute atomic E-state index is 0.0506. The molecule has 1 aliphatic rings. The number of ether oxygens (including phenoxy) is 2. The monoisotopic (exact) mass is 382 g/mol. The first kappa shape index (κ1) is 20.4. The van der Waals surface area contributed by atoms with Crippen LogP contribution in [0.3, 0.4) is 0 Å². The smallest absolute Gasteiger partial charge is 0.227 e. The van der Waals surface area contributed by atoms with Gasteiger partial charge in [0, 0.05) is 25.7 Å². The van der Waals surface area contributed by atoms with E-state index < -0.39 is 0 Å². The molecule has 0 aromatic heterocycles. The summed E-state index contributed by atoms with van der Waals surface area (Å²) in [4.78, 5) is 15.3. The Balaban J connectivity index is 1.77. The van der Waals surface area contributed by atoms with Gasteiger partial charge in [-0.3, -0.25) is 4.79 Å². The van der Waals surface area contributed by atoms with Crippen LogP contribution in [0.5, 0.6) is 5.75 Å². The van der Waals surface area contributed by atoms with Crippen molar-refractivity contribution in [3.63, 3.8) is 0 Å². The third-order valence-corrected chi connectivity index (χ3v) is 5.38. The fraction of sp³-hybridized carbons (Fsp3) is 0.435. The highest BCUT2D eigenvalue weighted by molar-refractivity contribution is 5.79. The number of benzene rings is 2. The number of carbonyl (C=O) groups excluding carboxylic acids is 1. The van der Waals surface area contributed by atoms with Crippen LogP contribution < -0.4 is 10.5 Å². The Morgan fingerprint density at radius 2 is 2.04 bits per heavy atom. The molecule has 0 bridgehead atoms. The lowest BCUT2D eigenvalue weighted by molar-refractivity contribution is -0.138. The van der Waals surface area contributed by atoms with Gasteiger partial charge in [-0.2, -0.15) is 0 Å². The molecule has 1 amide bonds. The number of carbonyl (C=O) groups is 1. The Hall–Kier alpha value is -2.37. The van der Waals surface area contributed by atoms with Gasteiger partial charge in [0.15, 0.2) is 0 Å². The van der Waals surface area contributed by atoms with Gasteiger partial charge in [-0.15, -0.1) is 0 Å². The molecule has 150 valence electrons. The summed E-state index contributed by atoms with van der Waals surface area (Å²) in [5.74, 6) is 0.514. The molecule has 0 saturated carbocycles. The van der Waals surface area contributed by atoms with Crippen LogP contribution in [0.4, 0.5) is 0 Å². The number of nitrogens with two attached hydrogens (primary N) is 1. The van der Waals surface area contributed by atoms with Crippen molar-refractivity contribution in [3.8, 4) is 5.75 Å². The molecule has 1 saturated heterocycles. The fourth-order valence-electron chi connectivity index (χ4n) is 3.66. The predicted molar refractivity (Wildman–Crippen MR) is 110 cm³/mol. The Morgan fingerprint density at radius 3 is 2.71 bits per heavy atom. The van der Waals surface area contributed by atoms with E-state index in [0.717, 1.165) is 36.3 Å². The summed E-state index contributed by atoms with van der Waals surface area (Å²) >= 11 is 0. The van der Waals surface area contributed by atoms with E-state index in [9.17, 15) is 4.79 Å². The van der Waals surface area contributed by atoms with Gasteiger partial charge in [-0.1, -0.05) is 49.4 Å². The zero-order chi connectivity index (χ0) is 19.9. The van der Waals surface area contributed by atoms with Crippen molar-refractivity contribution >= 4 is 5.91 Å². The number of hydrogen-bond acceptors (Lipinski definition) is 4. The van der Waals surface area contributed by atoms with E-state index in [1.165, 1.54) is 0 Å². The molecule has 1 heterocycles. The molecule has 0 spiro atoms. The lowest BCUT2D eigenvalue weighted by Gasteiger charge is -2.30. The van der Waals surface area contributed by atoms with Crippen molar-refractivity contribution < 1.29 is 14.3 Å². The Morgan fingerprint density at radius 1 is 1.25 bits per heavy atom. The highest BCUT2D eigenvalue weighted by Crippen LogP contribution is 2.24. The van der Waals surface area contributed by atoms with Crippen LogP contribution in [0.15, 0.2) is 54.6 Å². The van der Waals surface area contributed by atoms with E-state index in [-0.39, 0.29) is 24.0 Å². The Labute approximate surface area is 167 Å². The van der Waals surface area contributed by atoms with Gasteiger partial charge < -0.3 is 20.1 Å². The van der Waals surface area contributed by atoms with Crippen LogP contribution in [0.2, 0.25) is 0 Å². The maximum atomic E-state index is 13.4. The molecule has 5 heteroatoms. The molecule has 1 fully saturated rings. The topological polar surface area (TPSA) is 64.8 Å². The first-order valence-corrected chi connectivity index (χ1v) is 9.92. The molecule has 2 aromatic carbocycles. The molecule has 3 rings (SSSR count). The van der Waals surface area contributed by atoms with E-state index in [1.807, 2.05) is 66.4 Å². The Kier molecular flexibility index (Phi) is 7.06. The van der Waals surface area contributed by atoms with Crippen LogP contribution in [0.25, 0.3) is 0 Å². The molecule has 1 aliphatic heterocycles. The number of rotatable bonds is 8. The molecular weight excluding hydrogens is 352 g/mol. The summed E-state index contributed by atoms with van der Waals surface area (Å²) in [5.41, 5.74) is 8.43. The molecule has 3 atom stereocenters. The van der Waals surface area contributed by atoms with Gasteiger partial charge in [-0.05, 0) is 36.1 Å². The standard InChI is InChI=1S/C23H30N2O3/c1-17(22(24)19-9-4-3-5-10-19)23(26)25(16-21-12-7-13-28-21)15-18-8-6-11-20(14-18)27-2/h3-6,8-11,14,17,21-22H,7,12-13,15-16,24H2,1-2H3. The molecular formula is C23H30N2O3. The number of nitrogens with zero attached hydrogens (tertiary/aromatic N) is 1. The second kappa shape index (κ2) is 9.71. The van der Waals surface area contributed by atoms with E-state index in [1.54, 1.807) is 7.11 Å². The third-order valence-electron chi connectivity index (χ3n) is 5.38. The zero-order valence-corrected chi connectivity index (χ0v) is 16.7. The summed E-state index contributed by atoms with van der Waals surface area (Å²) in [6.07, 6.45) is 2.13. The van der Waals surface area contributed by atoms with Crippen molar-refractivity contribution in [2.75, 3.05) is 20.3 Å². The largest absolute Gasteiger partial charge is 0.497 e. The minimum Gasteiger partial charge on any atom is -0.497 e. The Bertz CT molecular complexity index is 759. The van der Waals surface area contributed by atoms with E-state index in [0.29, 0.717) is 13.1 Å². The van der Waals surface area contributed by atoms with Gasteiger partial charge in [0.2, 0.25) is 5.91 Å². The highest BCUT2D eigenvalue weighted by atomic mass is 16.5. The molecule has 5 nitrogen and oxygen atoms in total. The van der Waals surface area contributed by atoms with Crippen molar-refractivity contribution in [2.45, 2.75) is 38.5 Å².